The third-order valence-corrected chi connectivity index (χ3v) is 1.02. The molecule has 0 amide bonds. The maximum atomic E-state index is 12.7. The van der Waals surface area contributed by atoms with E-state index in [1.807, 2.05) is 0 Å². The minimum atomic E-state index is -2.24. The molecule has 0 aliphatic carbocycles. The Morgan fingerprint density at radius 3 is 3.11 bits per heavy atom. The van der Waals surface area contributed by atoms with Crippen LogP contribution in [-0.4, -0.2) is 0 Å². The van der Waals surface area contributed by atoms with Crippen LogP contribution in [0.3, 0.4) is 0 Å². The van der Waals surface area contributed by atoms with Crippen LogP contribution in [0.4, 0.5) is 4.39 Å². The highest BCUT2D eigenvalue weighted by Crippen LogP contribution is 2.04. The standard InChI is InChI=1S/C7H6ClF/c8-5-6-1-3-7(9)4-2-6/h1-4H,5H2/i1D,3D,5D2. The van der Waals surface area contributed by atoms with Gasteiger partial charge in [0, 0.05) is 8.57 Å². The SMILES string of the molecule is [2H]c1c(F)ccc(C([2H])([2H])Cl)c1[2H]. The van der Waals surface area contributed by atoms with Crippen LogP contribution in [0.1, 0.15) is 11.0 Å². The van der Waals surface area contributed by atoms with Crippen LogP contribution in [0.15, 0.2) is 24.2 Å². The molecule has 1 rings (SSSR count). The zero-order valence-corrected chi connectivity index (χ0v) is 5.17. The molecule has 0 saturated heterocycles. The third-order valence-electron chi connectivity index (χ3n) is 0.815. The van der Waals surface area contributed by atoms with E-state index in [1.54, 1.807) is 0 Å². The van der Waals surface area contributed by atoms with Crippen molar-refractivity contribution < 1.29 is 9.87 Å². The first-order valence-electron chi connectivity index (χ1n) is 4.29. The summed E-state index contributed by atoms with van der Waals surface area (Å²) in [5.41, 5.74) is -0.194. The number of halogens is 2. The lowest BCUT2D eigenvalue weighted by Crippen LogP contribution is -1.76. The average molecular weight is 149 g/mol. The van der Waals surface area contributed by atoms with Gasteiger partial charge in [-0.1, -0.05) is 12.1 Å². The van der Waals surface area contributed by atoms with Gasteiger partial charge < -0.3 is 0 Å². The van der Waals surface area contributed by atoms with Crippen LogP contribution in [0, 0.1) is 5.82 Å². The lowest BCUT2D eigenvalue weighted by atomic mass is 10.2. The highest BCUT2D eigenvalue weighted by molar-refractivity contribution is 6.17. The third kappa shape index (κ3) is 1.68. The molecule has 0 spiro atoms. The molecule has 0 heterocycles. The zero-order valence-electron chi connectivity index (χ0n) is 8.41. The van der Waals surface area contributed by atoms with Crippen molar-refractivity contribution in [3.8, 4) is 0 Å². The quantitative estimate of drug-likeness (QED) is 0.537. The van der Waals surface area contributed by atoms with Gasteiger partial charge in [0.25, 0.3) is 0 Å². The molecule has 0 saturated carbocycles. The van der Waals surface area contributed by atoms with E-state index in [-0.39, 0.29) is 5.56 Å². The fourth-order valence-electron chi connectivity index (χ4n) is 0.422. The van der Waals surface area contributed by atoms with E-state index in [9.17, 15) is 4.39 Å². The second kappa shape index (κ2) is 2.83. The molecule has 2 heteroatoms. The second-order valence-electron chi connectivity index (χ2n) is 1.44. The lowest BCUT2D eigenvalue weighted by Gasteiger charge is -1.91. The van der Waals surface area contributed by atoms with Crippen molar-refractivity contribution in [1.29, 1.82) is 0 Å². The van der Waals surface area contributed by atoms with Crippen LogP contribution < -0.4 is 0 Å². The molecule has 0 aliphatic rings. The van der Waals surface area contributed by atoms with E-state index in [0.29, 0.717) is 0 Å². The molecular formula is C7H6ClF. The highest BCUT2D eigenvalue weighted by atomic mass is 35.5. The minimum Gasteiger partial charge on any atom is -0.207 e. The fraction of sp³-hybridized carbons (Fsp3) is 0.143. The Morgan fingerprint density at radius 1 is 1.67 bits per heavy atom. The molecule has 1 aromatic rings. The molecule has 0 aromatic heterocycles. The van der Waals surface area contributed by atoms with Crippen LogP contribution in [0.25, 0.3) is 0 Å². The van der Waals surface area contributed by atoms with Gasteiger partial charge in [0.1, 0.15) is 5.82 Å². The lowest BCUT2D eigenvalue weighted by molar-refractivity contribution is 0.627. The van der Waals surface area contributed by atoms with Gasteiger partial charge >= 0.3 is 0 Å². The summed E-state index contributed by atoms with van der Waals surface area (Å²) in [7, 11) is 0. The predicted molar refractivity (Wildman–Crippen MR) is 36.0 cm³/mol. The molecule has 0 bridgehead atoms. The maximum Gasteiger partial charge on any atom is 0.123 e. The van der Waals surface area contributed by atoms with Crippen LogP contribution >= 0.6 is 11.6 Å². The molecule has 0 radical (unpaired) electrons. The molecule has 1 aromatic carbocycles. The van der Waals surface area contributed by atoms with Crippen LogP contribution in [0.5, 0.6) is 0 Å². The summed E-state index contributed by atoms with van der Waals surface area (Å²) >= 11 is 5.30. The number of hydrogen-bond acceptors (Lipinski definition) is 0. The minimum absolute atomic E-state index is 0.194. The predicted octanol–water partition coefficient (Wildman–Crippen LogP) is 2.56. The normalized spacial score (nSPS) is 17.6. The van der Waals surface area contributed by atoms with Crippen LogP contribution in [-0.2, 0) is 5.83 Å². The average Bonchev–Trinajstić information content (AvgIpc) is 1.98. The van der Waals surface area contributed by atoms with Gasteiger partial charge in [-0.15, -0.1) is 11.6 Å². The summed E-state index contributed by atoms with van der Waals surface area (Å²) in [6.07, 6.45) is 0. The Hall–Kier alpha value is -0.560. The Bertz CT molecular complexity index is 334. The first-order chi connectivity index (χ1) is 5.84. The summed E-state index contributed by atoms with van der Waals surface area (Å²) in [6.45, 7) is 0. The number of rotatable bonds is 1. The van der Waals surface area contributed by atoms with Crippen molar-refractivity contribution >= 4 is 11.6 Å². The number of benzene rings is 1. The van der Waals surface area contributed by atoms with Crippen molar-refractivity contribution in [3.05, 3.63) is 35.6 Å². The Morgan fingerprint density at radius 2 is 2.44 bits per heavy atom. The molecular weight excluding hydrogens is 139 g/mol. The van der Waals surface area contributed by atoms with E-state index in [0.717, 1.165) is 12.1 Å². The molecule has 0 N–H and O–H groups in total. The molecule has 9 heavy (non-hydrogen) atoms. The Balaban J connectivity index is 3.35. The fourth-order valence-corrected chi connectivity index (χ4v) is 0.532. The van der Waals surface area contributed by atoms with Gasteiger partial charge in [0.2, 0.25) is 0 Å². The van der Waals surface area contributed by atoms with E-state index < -0.39 is 23.7 Å². The zero-order chi connectivity index (χ0) is 10.2. The van der Waals surface area contributed by atoms with Crippen LogP contribution in [0.2, 0.25) is 0 Å². The molecule has 48 valence electrons. The topological polar surface area (TPSA) is 0 Å². The summed E-state index contributed by atoms with van der Waals surface area (Å²) in [6, 6.07) is 0.848. The highest BCUT2D eigenvalue weighted by Gasteiger charge is 1.88. The van der Waals surface area contributed by atoms with E-state index in [2.05, 4.69) is 0 Å². The van der Waals surface area contributed by atoms with Crippen molar-refractivity contribution in [3.63, 3.8) is 0 Å². The summed E-state index contributed by atoms with van der Waals surface area (Å²) in [4.78, 5) is 0. The van der Waals surface area contributed by atoms with E-state index in [4.69, 9.17) is 17.1 Å². The van der Waals surface area contributed by atoms with Crippen molar-refractivity contribution in [2.45, 2.75) is 5.83 Å². The first-order valence-corrected chi connectivity index (χ1v) is 2.67. The Kier molecular flexibility index (Phi) is 0.950. The second-order valence-corrected chi connectivity index (χ2v) is 1.63. The van der Waals surface area contributed by atoms with Gasteiger partial charge in [-0.25, -0.2) is 4.39 Å². The smallest absolute Gasteiger partial charge is 0.123 e. The molecule has 0 nitrogen and oxygen atoms in total. The van der Waals surface area contributed by atoms with Gasteiger partial charge in [-0.3, -0.25) is 0 Å². The first kappa shape index (κ1) is 3.02. The van der Waals surface area contributed by atoms with Gasteiger partial charge in [0.15, 0.2) is 0 Å². The largest absolute Gasteiger partial charge is 0.207 e. The van der Waals surface area contributed by atoms with Crippen molar-refractivity contribution in [1.82, 2.24) is 0 Å². The molecule has 0 atom stereocenters. The van der Waals surface area contributed by atoms with E-state index >= 15 is 0 Å². The Labute approximate surface area is 63.9 Å². The molecule has 0 fully saturated rings. The van der Waals surface area contributed by atoms with Gasteiger partial charge in [0.05, 0.1) is 2.74 Å². The van der Waals surface area contributed by atoms with Gasteiger partial charge in [-0.05, 0) is 17.7 Å². The summed E-state index contributed by atoms with van der Waals surface area (Å²) < 4.78 is 41.2. The maximum absolute atomic E-state index is 12.7. The molecule has 0 unspecified atom stereocenters. The summed E-state index contributed by atoms with van der Waals surface area (Å²) in [5, 5.41) is 0. The van der Waals surface area contributed by atoms with E-state index in [1.165, 1.54) is 0 Å². The van der Waals surface area contributed by atoms with Crippen molar-refractivity contribution in [2.24, 2.45) is 0 Å². The molecule has 0 aliphatic heterocycles. The number of hydrogen-bond donors (Lipinski definition) is 0. The monoisotopic (exact) mass is 148 g/mol. The summed E-state index contributed by atoms with van der Waals surface area (Å²) in [5.74, 6) is -3.09. The van der Waals surface area contributed by atoms with Gasteiger partial charge in [-0.2, -0.15) is 0 Å². The van der Waals surface area contributed by atoms with Crippen molar-refractivity contribution in [2.75, 3.05) is 0 Å². The number of alkyl halides is 1.